The van der Waals surface area contributed by atoms with Crippen LogP contribution in [0.4, 0.5) is 13.2 Å². The van der Waals surface area contributed by atoms with Gasteiger partial charge in [0, 0.05) is 6.08 Å². The number of alkyl halides is 3. The Morgan fingerprint density at radius 3 is 2.25 bits per heavy atom. The number of hydrogen-bond acceptors (Lipinski definition) is 2. The van der Waals surface area contributed by atoms with E-state index in [9.17, 15) is 13.2 Å². The Labute approximate surface area is 90.7 Å². The van der Waals surface area contributed by atoms with E-state index in [0.29, 0.717) is 16.8 Å². The molecule has 2 nitrogen and oxygen atoms in total. The molecule has 0 saturated heterocycles. The van der Waals surface area contributed by atoms with Crippen molar-refractivity contribution >= 4 is 11.8 Å². The fraction of sp³-hybridized carbons (Fsp3) is 0.182. The average molecular weight is 229 g/mol. The van der Waals surface area contributed by atoms with Gasteiger partial charge in [0.15, 0.2) is 0 Å². The monoisotopic (exact) mass is 229 g/mol. The summed E-state index contributed by atoms with van der Waals surface area (Å²) >= 11 is 0. The zero-order valence-corrected chi connectivity index (χ0v) is 8.49. The summed E-state index contributed by atoms with van der Waals surface area (Å²) in [4.78, 5) is 0. The second-order valence-electron chi connectivity index (χ2n) is 3.18. The van der Waals surface area contributed by atoms with Gasteiger partial charge in [-0.05, 0) is 18.1 Å². The molecule has 16 heavy (non-hydrogen) atoms. The molecule has 1 rings (SSSR count). The molecule has 86 valence electrons. The molecule has 0 heterocycles. The highest BCUT2D eigenvalue weighted by Gasteiger charge is 2.21. The molecule has 0 aliphatic heterocycles. The Morgan fingerprint density at radius 2 is 1.81 bits per heavy atom. The first-order valence-corrected chi connectivity index (χ1v) is 4.47. The standard InChI is InChI=1S/C11H10F3NO/c1-8(15-16)10-4-2-9(3-5-10)6-7-11(12,13)14/h2-7,16H,1H3/b7-6+,15-8-. The fourth-order valence-corrected chi connectivity index (χ4v) is 1.08. The van der Waals surface area contributed by atoms with Crippen molar-refractivity contribution in [1.29, 1.82) is 0 Å². The largest absolute Gasteiger partial charge is 0.411 e. The topological polar surface area (TPSA) is 32.6 Å². The van der Waals surface area contributed by atoms with E-state index in [1.807, 2.05) is 0 Å². The lowest BCUT2D eigenvalue weighted by atomic mass is 10.1. The third-order valence-corrected chi connectivity index (χ3v) is 1.94. The summed E-state index contributed by atoms with van der Waals surface area (Å²) in [5.41, 5.74) is 1.50. The van der Waals surface area contributed by atoms with Crippen LogP contribution in [0.3, 0.4) is 0 Å². The zero-order valence-electron chi connectivity index (χ0n) is 8.49. The van der Waals surface area contributed by atoms with E-state index < -0.39 is 6.18 Å². The number of oxime groups is 1. The summed E-state index contributed by atoms with van der Waals surface area (Å²) in [5, 5.41) is 11.5. The second-order valence-corrected chi connectivity index (χ2v) is 3.18. The van der Waals surface area contributed by atoms with E-state index in [1.165, 1.54) is 12.1 Å². The summed E-state index contributed by atoms with van der Waals surface area (Å²) < 4.78 is 35.6. The Morgan fingerprint density at radius 1 is 1.25 bits per heavy atom. The zero-order chi connectivity index (χ0) is 12.2. The highest BCUT2D eigenvalue weighted by atomic mass is 19.4. The molecule has 0 saturated carbocycles. The lowest BCUT2D eigenvalue weighted by Gasteiger charge is -2.00. The number of allylic oxidation sites excluding steroid dienone is 1. The first-order chi connectivity index (χ1) is 7.42. The molecule has 5 heteroatoms. The summed E-state index contributed by atoms with van der Waals surface area (Å²) in [7, 11) is 0. The number of halogens is 3. The van der Waals surface area contributed by atoms with Crippen molar-refractivity contribution in [1.82, 2.24) is 0 Å². The van der Waals surface area contributed by atoms with Crippen molar-refractivity contribution in [2.24, 2.45) is 5.16 Å². The van der Waals surface area contributed by atoms with E-state index in [4.69, 9.17) is 5.21 Å². The lowest BCUT2D eigenvalue weighted by Crippen LogP contribution is -2.00. The van der Waals surface area contributed by atoms with Crippen molar-refractivity contribution in [3.8, 4) is 0 Å². The first-order valence-electron chi connectivity index (χ1n) is 4.47. The van der Waals surface area contributed by atoms with Gasteiger partial charge in [-0.1, -0.05) is 35.5 Å². The number of nitrogens with zero attached hydrogens (tertiary/aromatic N) is 1. The number of rotatable bonds is 2. The maximum Gasteiger partial charge on any atom is 0.409 e. The van der Waals surface area contributed by atoms with Crippen LogP contribution in [0.5, 0.6) is 0 Å². The molecule has 0 spiro atoms. The fourth-order valence-electron chi connectivity index (χ4n) is 1.08. The lowest BCUT2D eigenvalue weighted by molar-refractivity contribution is -0.0790. The maximum absolute atomic E-state index is 11.9. The van der Waals surface area contributed by atoms with Gasteiger partial charge in [0.1, 0.15) is 0 Å². The Bertz CT molecular complexity index is 404. The van der Waals surface area contributed by atoms with E-state index in [2.05, 4.69) is 5.16 Å². The maximum atomic E-state index is 11.9. The summed E-state index contributed by atoms with van der Waals surface area (Å²) in [6.45, 7) is 1.60. The minimum atomic E-state index is -4.30. The number of benzene rings is 1. The quantitative estimate of drug-likeness (QED) is 0.470. The van der Waals surface area contributed by atoms with E-state index in [-0.39, 0.29) is 6.08 Å². The van der Waals surface area contributed by atoms with Gasteiger partial charge in [-0.25, -0.2) is 0 Å². The van der Waals surface area contributed by atoms with Gasteiger partial charge in [-0.3, -0.25) is 0 Å². The molecule has 0 atom stereocenters. The molecule has 0 fully saturated rings. The van der Waals surface area contributed by atoms with Gasteiger partial charge in [0.25, 0.3) is 0 Å². The minimum Gasteiger partial charge on any atom is -0.411 e. The summed E-state index contributed by atoms with van der Waals surface area (Å²) in [6, 6.07) is 6.22. The van der Waals surface area contributed by atoms with Crippen LogP contribution in [0.1, 0.15) is 18.1 Å². The predicted molar refractivity (Wildman–Crippen MR) is 55.5 cm³/mol. The van der Waals surface area contributed by atoms with Gasteiger partial charge in [-0.2, -0.15) is 13.2 Å². The van der Waals surface area contributed by atoms with E-state index in [1.54, 1.807) is 19.1 Å². The molecule has 0 aliphatic carbocycles. The number of hydrogen-bond donors (Lipinski definition) is 1. The highest BCUT2D eigenvalue weighted by Crippen LogP contribution is 2.18. The second kappa shape index (κ2) is 4.83. The van der Waals surface area contributed by atoms with Gasteiger partial charge in [0.2, 0.25) is 0 Å². The highest BCUT2D eigenvalue weighted by molar-refractivity contribution is 5.98. The molecule has 0 radical (unpaired) electrons. The van der Waals surface area contributed by atoms with Gasteiger partial charge < -0.3 is 5.21 Å². The smallest absolute Gasteiger partial charge is 0.409 e. The average Bonchev–Trinajstić information content (AvgIpc) is 2.25. The van der Waals surface area contributed by atoms with Crippen molar-refractivity contribution in [2.45, 2.75) is 13.1 Å². The Hall–Kier alpha value is -1.78. The van der Waals surface area contributed by atoms with Crippen molar-refractivity contribution in [3.05, 3.63) is 41.5 Å². The molecule has 0 amide bonds. The van der Waals surface area contributed by atoms with Gasteiger partial charge in [0.05, 0.1) is 5.71 Å². The third kappa shape index (κ3) is 3.76. The van der Waals surface area contributed by atoms with Crippen molar-refractivity contribution < 1.29 is 18.4 Å². The normalized spacial score (nSPS) is 13.4. The van der Waals surface area contributed by atoms with Crippen LogP contribution in [-0.2, 0) is 0 Å². The van der Waals surface area contributed by atoms with Crippen LogP contribution < -0.4 is 0 Å². The third-order valence-electron chi connectivity index (χ3n) is 1.94. The van der Waals surface area contributed by atoms with Crippen LogP contribution in [0, 0.1) is 0 Å². The molecule has 0 bridgehead atoms. The summed E-state index contributed by atoms with van der Waals surface area (Å²) in [5.74, 6) is 0. The Kier molecular flexibility index (Phi) is 3.71. The Balaban J connectivity index is 2.84. The SMILES string of the molecule is C/C(=N/O)c1ccc(/C=C/C(F)(F)F)cc1. The van der Waals surface area contributed by atoms with E-state index >= 15 is 0 Å². The van der Waals surface area contributed by atoms with Crippen LogP contribution >= 0.6 is 0 Å². The molecule has 0 aliphatic rings. The van der Waals surface area contributed by atoms with Crippen LogP contribution in [0.2, 0.25) is 0 Å². The molecule has 1 aromatic rings. The van der Waals surface area contributed by atoms with Crippen molar-refractivity contribution in [3.63, 3.8) is 0 Å². The summed E-state index contributed by atoms with van der Waals surface area (Å²) in [6.07, 6.45) is -3.15. The molecule has 0 unspecified atom stereocenters. The van der Waals surface area contributed by atoms with Crippen LogP contribution in [0.25, 0.3) is 6.08 Å². The van der Waals surface area contributed by atoms with E-state index in [0.717, 1.165) is 6.08 Å². The molecule has 1 N–H and O–H groups in total. The molecular formula is C11H10F3NO. The van der Waals surface area contributed by atoms with Gasteiger partial charge in [-0.15, -0.1) is 0 Å². The predicted octanol–water partition coefficient (Wildman–Crippen LogP) is 3.46. The van der Waals surface area contributed by atoms with Crippen molar-refractivity contribution in [2.75, 3.05) is 0 Å². The first kappa shape index (κ1) is 12.3. The molecule has 1 aromatic carbocycles. The minimum absolute atomic E-state index is 0.176. The molecule has 0 aromatic heterocycles. The molecular weight excluding hydrogens is 219 g/mol. The van der Waals surface area contributed by atoms with Crippen LogP contribution in [0.15, 0.2) is 35.5 Å². The van der Waals surface area contributed by atoms with Crippen LogP contribution in [-0.4, -0.2) is 17.1 Å². The van der Waals surface area contributed by atoms with Gasteiger partial charge >= 0.3 is 6.18 Å².